The third kappa shape index (κ3) is 2.00. The van der Waals surface area contributed by atoms with E-state index in [1.165, 1.54) is 6.07 Å². The molecule has 0 spiro atoms. The minimum atomic E-state index is -3.77. The van der Waals surface area contributed by atoms with Crippen molar-refractivity contribution in [3.63, 3.8) is 0 Å². The number of carbonyl (C=O) groups excluding carboxylic acids is 1. The quantitative estimate of drug-likeness (QED) is 0.800. The van der Waals surface area contributed by atoms with Crippen LogP contribution in [-0.4, -0.2) is 27.5 Å². The third-order valence-electron chi connectivity index (χ3n) is 3.25. The lowest BCUT2D eigenvalue weighted by molar-refractivity contribution is -0.140. The fraction of sp³-hybridized carbons (Fsp3) is 0.143. The van der Waals surface area contributed by atoms with Crippen molar-refractivity contribution in [3.05, 3.63) is 36.4 Å². The summed E-state index contributed by atoms with van der Waals surface area (Å²) in [5, 5.41) is 9.78. The van der Waals surface area contributed by atoms with Gasteiger partial charge in [0.15, 0.2) is 6.61 Å². The summed E-state index contributed by atoms with van der Waals surface area (Å²) in [4.78, 5) is 11.8. The maximum Gasteiger partial charge on any atom is 0.327 e. The van der Waals surface area contributed by atoms with Crippen molar-refractivity contribution in [2.45, 2.75) is 4.90 Å². The Morgan fingerprint density at radius 1 is 1.24 bits per heavy atom. The maximum atomic E-state index is 12.5. The van der Waals surface area contributed by atoms with Crippen molar-refractivity contribution in [1.29, 1.82) is 5.26 Å². The average Bonchev–Trinajstić information content (AvgIpc) is 2.69. The second-order valence-corrected chi connectivity index (χ2v) is 6.29. The van der Waals surface area contributed by atoms with Crippen LogP contribution in [0.4, 0.5) is 5.69 Å². The molecule has 2 aromatic rings. The van der Waals surface area contributed by atoms with Crippen LogP contribution >= 0.6 is 0 Å². The molecule has 0 saturated carbocycles. The molecule has 1 heterocycles. The molecule has 0 fully saturated rings. The number of hydrogen-bond acceptors (Lipinski definition) is 5. The highest BCUT2D eigenvalue weighted by Crippen LogP contribution is 2.41. The summed E-state index contributed by atoms with van der Waals surface area (Å²) in [6.45, 7) is -0.846. The summed E-state index contributed by atoms with van der Waals surface area (Å²) < 4.78 is 30.7. The molecule has 1 aliphatic heterocycles. The molecule has 0 amide bonds. The van der Waals surface area contributed by atoms with E-state index in [-0.39, 0.29) is 4.90 Å². The zero-order valence-corrected chi connectivity index (χ0v) is 11.6. The van der Waals surface area contributed by atoms with Crippen molar-refractivity contribution >= 4 is 32.5 Å². The Morgan fingerprint density at radius 3 is 2.67 bits per heavy atom. The number of anilines is 1. The minimum Gasteiger partial charge on any atom is -0.449 e. The maximum absolute atomic E-state index is 12.5. The monoisotopic (exact) mass is 302 g/mol. The molecule has 0 atom stereocenters. The van der Waals surface area contributed by atoms with Gasteiger partial charge in [-0.3, -0.25) is 9.10 Å². The summed E-state index contributed by atoms with van der Waals surface area (Å²) in [5.41, 5.74) is 0.456. The van der Waals surface area contributed by atoms with E-state index in [1.54, 1.807) is 24.3 Å². The lowest BCUT2D eigenvalue weighted by Gasteiger charge is -2.17. The molecular formula is C14H10N2O4S. The van der Waals surface area contributed by atoms with Gasteiger partial charge in [0, 0.05) is 5.39 Å². The number of nitrogens with zero attached hydrogens (tertiary/aromatic N) is 2. The first-order chi connectivity index (χ1) is 10.1. The van der Waals surface area contributed by atoms with Crippen LogP contribution in [0.25, 0.3) is 10.8 Å². The molecule has 3 rings (SSSR count). The Hall–Kier alpha value is -2.59. The van der Waals surface area contributed by atoms with E-state index in [4.69, 9.17) is 5.26 Å². The number of sulfonamides is 1. The molecule has 21 heavy (non-hydrogen) atoms. The summed E-state index contributed by atoms with van der Waals surface area (Å²) in [6.07, 6.45) is 0. The average molecular weight is 302 g/mol. The zero-order chi connectivity index (χ0) is 15.0. The van der Waals surface area contributed by atoms with Gasteiger partial charge in [0.2, 0.25) is 0 Å². The van der Waals surface area contributed by atoms with Gasteiger partial charge in [0.05, 0.1) is 10.6 Å². The van der Waals surface area contributed by atoms with E-state index in [1.807, 2.05) is 12.1 Å². The fourth-order valence-corrected chi connectivity index (χ4v) is 4.06. The number of carbonyl (C=O) groups is 1. The Bertz CT molecular complexity index is 878. The highest BCUT2D eigenvalue weighted by Gasteiger charge is 2.36. The molecule has 0 N–H and O–H groups in total. The standard InChI is InChI=1S/C14H10N2O4S/c15-7-8-20-13(17)9-16-11-5-1-3-10-4-2-6-12(14(10)11)21(16,18)19/h1-6H,8-9H2. The molecule has 0 saturated heterocycles. The summed E-state index contributed by atoms with van der Waals surface area (Å²) in [7, 11) is -3.77. The van der Waals surface area contributed by atoms with Crippen LogP contribution in [0.5, 0.6) is 0 Å². The lowest BCUT2D eigenvalue weighted by Crippen LogP contribution is -2.33. The van der Waals surface area contributed by atoms with Gasteiger partial charge in [-0.25, -0.2) is 8.42 Å². The second kappa shape index (κ2) is 4.75. The van der Waals surface area contributed by atoms with Crippen molar-refractivity contribution in [3.8, 4) is 6.07 Å². The molecule has 6 nitrogen and oxygen atoms in total. The van der Waals surface area contributed by atoms with Gasteiger partial charge in [-0.15, -0.1) is 0 Å². The normalized spacial score (nSPS) is 14.9. The van der Waals surface area contributed by atoms with Crippen LogP contribution in [0.1, 0.15) is 0 Å². The number of hydrogen-bond donors (Lipinski definition) is 0. The molecule has 0 aliphatic carbocycles. The van der Waals surface area contributed by atoms with Crippen LogP contribution in [0.3, 0.4) is 0 Å². The van der Waals surface area contributed by atoms with Gasteiger partial charge in [-0.2, -0.15) is 5.26 Å². The van der Waals surface area contributed by atoms with Gasteiger partial charge in [0.25, 0.3) is 10.0 Å². The molecule has 0 radical (unpaired) electrons. The first-order valence-corrected chi connectivity index (χ1v) is 7.57. The van der Waals surface area contributed by atoms with E-state index in [9.17, 15) is 13.2 Å². The van der Waals surface area contributed by atoms with Gasteiger partial charge in [-0.1, -0.05) is 24.3 Å². The van der Waals surface area contributed by atoms with Crippen LogP contribution in [0.15, 0.2) is 41.3 Å². The Kier molecular flexibility index (Phi) is 3.03. The fourth-order valence-electron chi connectivity index (χ4n) is 2.40. The van der Waals surface area contributed by atoms with Crippen molar-refractivity contribution < 1.29 is 17.9 Å². The Labute approximate surface area is 121 Å². The summed E-state index contributed by atoms with van der Waals surface area (Å²) in [6, 6.07) is 11.9. The largest absolute Gasteiger partial charge is 0.449 e. The van der Waals surface area contributed by atoms with E-state index in [0.717, 1.165) is 9.69 Å². The van der Waals surface area contributed by atoms with Crippen molar-refractivity contribution in [2.24, 2.45) is 0 Å². The Balaban J connectivity index is 2.07. The van der Waals surface area contributed by atoms with E-state index < -0.39 is 29.1 Å². The second-order valence-electron chi connectivity index (χ2n) is 4.46. The van der Waals surface area contributed by atoms with Crippen molar-refractivity contribution in [1.82, 2.24) is 0 Å². The molecule has 0 unspecified atom stereocenters. The summed E-state index contributed by atoms with van der Waals surface area (Å²) in [5.74, 6) is -0.759. The van der Waals surface area contributed by atoms with Crippen LogP contribution in [0.2, 0.25) is 0 Å². The smallest absolute Gasteiger partial charge is 0.327 e. The van der Waals surface area contributed by atoms with E-state index in [2.05, 4.69) is 4.74 Å². The van der Waals surface area contributed by atoms with Gasteiger partial charge < -0.3 is 4.74 Å². The number of esters is 1. The molecule has 7 heteroatoms. The zero-order valence-electron chi connectivity index (χ0n) is 10.8. The SMILES string of the molecule is N#CCOC(=O)CN1c2cccc3cccc(c23)S1(=O)=O. The van der Waals surface area contributed by atoms with Crippen LogP contribution in [0, 0.1) is 11.3 Å². The number of nitriles is 1. The van der Waals surface area contributed by atoms with E-state index >= 15 is 0 Å². The minimum absolute atomic E-state index is 0.184. The van der Waals surface area contributed by atoms with Crippen molar-refractivity contribution in [2.75, 3.05) is 17.5 Å². The predicted octanol–water partition coefficient (Wildman–Crippen LogP) is 1.42. The Morgan fingerprint density at radius 2 is 1.95 bits per heavy atom. The first-order valence-electron chi connectivity index (χ1n) is 6.13. The highest BCUT2D eigenvalue weighted by molar-refractivity contribution is 7.93. The molecule has 0 aromatic heterocycles. The third-order valence-corrected chi connectivity index (χ3v) is 5.05. The molecule has 106 valence electrons. The molecule has 2 aromatic carbocycles. The van der Waals surface area contributed by atoms with E-state index in [0.29, 0.717) is 11.1 Å². The van der Waals surface area contributed by atoms with Crippen LogP contribution in [-0.2, 0) is 19.6 Å². The topological polar surface area (TPSA) is 87.5 Å². The van der Waals surface area contributed by atoms with Gasteiger partial charge in [-0.05, 0) is 17.5 Å². The molecule has 0 bridgehead atoms. The number of rotatable bonds is 3. The molecule has 1 aliphatic rings. The highest BCUT2D eigenvalue weighted by atomic mass is 32.2. The number of benzene rings is 2. The molecular weight excluding hydrogens is 292 g/mol. The summed E-state index contributed by atoms with van der Waals surface area (Å²) >= 11 is 0. The van der Waals surface area contributed by atoms with Crippen LogP contribution < -0.4 is 4.31 Å². The van der Waals surface area contributed by atoms with Gasteiger partial charge in [0.1, 0.15) is 12.6 Å². The predicted molar refractivity (Wildman–Crippen MR) is 75.1 cm³/mol. The first kappa shape index (κ1) is 13.4. The van der Waals surface area contributed by atoms with Gasteiger partial charge >= 0.3 is 5.97 Å². The number of ether oxygens (including phenoxy) is 1. The lowest BCUT2D eigenvalue weighted by atomic mass is 10.1.